The van der Waals surface area contributed by atoms with Gasteiger partial charge in [-0.1, -0.05) is 63.9 Å². The number of rotatable bonds is 8. The molecule has 192 valence electrons. The predicted octanol–water partition coefficient (Wildman–Crippen LogP) is 6.71. The fraction of sp³-hybridized carbons (Fsp3) is 0.393. The molecule has 0 atom stereocenters. The van der Waals surface area contributed by atoms with Crippen molar-refractivity contribution in [1.82, 2.24) is 14.7 Å². The molecule has 36 heavy (non-hydrogen) atoms. The maximum absolute atomic E-state index is 13.2. The summed E-state index contributed by atoms with van der Waals surface area (Å²) in [4.78, 5) is 27.8. The van der Waals surface area contributed by atoms with Gasteiger partial charge in [-0.05, 0) is 55.7 Å². The molecule has 2 N–H and O–H groups in total. The maximum atomic E-state index is 13.2. The summed E-state index contributed by atoms with van der Waals surface area (Å²) in [5.41, 5.74) is 4.20. The second kappa shape index (κ2) is 11.6. The zero-order valence-corrected chi connectivity index (χ0v) is 22.7. The Kier molecular flexibility index (Phi) is 8.79. The number of unbranched alkanes of at least 4 members (excludes halogenated alkanes) is 1. The third-order valence-electron chi connectivity index (χ3n) is 5.99. The highest BCUT2D eigenvalue weighted by Gasteiger charge is 2.24. The van der Waals surface area contributed by atoms with Crippen LogP contribution < -0.4 is 10.6 Å². The molecule has 3 amide bonds. The number of urea groups is 1. The lowest BCUT2D eigenvalue weighted by molar-refractivity contribution is -0.116. The molecule has 0 saturated heterocycles. The molecule has 0 aliphatic rings. The highest BCUT2D eigenvalue weighted by molar-refractivity contribution is 6.32. The second-order valence-electron chi connectivity index (χ2n) is 10.1. The van der Waals surface area contributed by atoms with Crippen molar-refractivity contribution in [3.05, 3.63) is 70.4 Å². The number of benzene rings is 2. The van der Waals surface area contributed by atoms with E-state index in [1.807, 2.05) is 56.3 Å². The van der Waals surface area contributed by atoms with Crippen LogP contribution in [-0.4, -0.2) is 39.7 Å². The summed E-state index contributed by atoms with van der Waals surface area (Å²) in [5, 5.41) is 11.1. The number of carbonyl (C=O) groups is 2. The Balaban J connectivity index is 1.82. The largest absolute Gasteiger partial charge is 0.322 e. The molecule has 0 spiro atoms. The first-order valence-corrected chi connectivity index (χ1v) is 12.7. The van der Waals surface area contributed by atoms with Crippen molar-refractivity contribution in [2.45, 2.75) is 59.8 Å². The minimum Gasteiger partial charge on any atom is -0.315 e. The summed E-state index contributed by atoms with van der Waals surface area (Å²) in [6.45, 7) is 12.6. The van der Waals surface area contributed by atoms with E-state index in [2.05, 4.69) is 38.3 Å². The number of amides is 3. The summed E-state index contributed by atoms with van der Waals surface area (Å²) in [6.07, 6.45) is 1.70. The van der Waals surface area contributed by atoms with Crippen molar-refractivity contribution in [1.29, 1.82) is 0 Å². The molecule has 0 aliphatic heterocycles. The average Bonchev–Trinajstić information content (AvgIpc) is 3.23. The van der Waals surface area contributed by atoms with Gasteiger partial charge >= 0.3 is 6.03 Å². The van der Waals surface area contributed by atoms with Crippen molar-refractivity contribution in [3.63, 3.8) is 0 Å². The van der Waals surface area contributed by atoms with Crippen LogP contribution in [0.15, 0.2) is 48.5 Å². The Morgan fingerprint density at radius 3 is 2.39 bits per heavy atom. The first-order valence-electron chi connectivity index (χ1n) is 12.3. The highest BCUT2D eigenvalue weighted by atomic mass is 35.5. The second-order valence-corrected chi connectivity index (χ2v) is 10.5. The van der Waals surface area contributed by atoms with Gasteiger partial charge in [0.05, 0.1) is 16.4 Å². The van der Waals surface area contributed by atoms with Gasteiger partial charge in [0.1, 0.15) is 12.4 Å². The van der Waals surface area contributed by atoms with Gasteiger partial charge in [-0.3, -0.25) is 4.79 Å². The summed E-state index contributed by atoms with van der Waals surface area (Å²) < 4.78 is 1.65. The molecule has 7 nitrogen and oxygen atoms in total. The van der Waals surface area contributed by atoms with E-state index in [0.717, 1.165) is 29.7 Å². The van der Waals surface area contributed by atoms with Gasteiger partial charge in [0.25, 0.3) is 0 Å². The van der Waals surface area contributed by atoms with Crippen LogP contribution in [0, 0.1) is 13.8 Å². The minimum absolute atomic E-state index is 0.0881. The summed E-state index contributed by atoms with van der Waals surface area (Å²) >= 11 is 6.44. The zero-order valence-electron chi connectivity index (χ0n) is 22.0. The fourth-order valence-electron chi connectivity index (χ4n) is 3.62. The molecule has 0 saturated carbocycles. The zero-order chi connectivity index (χ0) is 26.5. The van der Waals surface area contributed by atoms with Gasteiger partial charge in [-0.15, -0.1) is 0 Å². The molecule has 3 rings (SSSR count). The van der Waals surface area contributed by atoms with Crippen LogP contribution in [0.1, 0.15) is 57.4 Å². The average molecular weight is 510 g/mol. The number of halogens is 1. The van der Waals surface area contributed by atoms with Gasteiger partial charge in [0.15, 0.2) is 0 Å². The molecule has 0 unspecified atom stereocenters. The molecular formula is C28H36ClN5O2. The van der Waals surface area contributed by atoms with E-state index in [1.165, 1.54) is 4.90 Å². The van der Waals surface area contributed by atoms with Crippen LogP contribution in [-0.2, 0) is 10.2 Å². The van der Waals surface area contributed by atoms with Crippen LogP contribution in [0.25, 0.3) is 5.69 Å². The van der Waals surface area contributed by atoms with Crippen molar-refractivity contribution >= 4 is 35.0 Å². The summed E-state index contributed by atoms with van der Waals surface area (Å²) in [6, 6.07) is 14.7. The van der Waals surface area contributed by atoms with E-state index in [1.54, 1.807) is 10.7 Å². The molecule has 0 aliphatic carbocycles. The molecule has 2 aromatic carbocycles. The molecule has 0 bridgehead atoms. The highest BCUT2D eigenvalue weighted by Crippen LogP contribution is 2.29. The van der Waals surface area contributed by atoms with Crippen molar-refractivity contribution in [2.24, 2.45) is 0 Å². The quantitative estimate of drug-likeness (QED) is 0.354. The molecular weight excluding hydrogens is 474 g/mol. The number of carbonyl (C=O) groups excluding carboxylic acids is 2. The smallest absolute Gasteiger partial charge is 0.315 e. The molecule has 3 aromatic rings. The van der Waals surface area contributed by atoms with Gasteiger partial charge < -0.3 is 15.5 Å². The molecule has 8 heteroatoms. The standard InChI is InChI=1S/C28H36ClN5O2/c1-7-8-15-33(27(36)30-21-14-13-19(2)20(3)16-21)18-26(35)31-25-17-24(28(4,5)6)32-34(25)23-12-10-9-11-22(23)29/h9-14,16-17H,7-8,15,18H2,1-6H3,(H,30,36)(H,31,35). The first kappa shape index (κ1) is 27.3. The number of nitrogens with one attached hydrogen (secondary N) is 2. The van der Waals surface area contributed by atoms with Gasteiger partial charge in [-0.25, -0.2) is 9.48 Å². The Morgan fingerprint density at radius 1 is 1.03 bits per heavy atom. The van der Waals surface area contributed by atoms with Crippen LogP contribution in [0.2, 0.25) is 5.02 Å². The SMILES string of the molecule is CCCCN(CC(=O)Nc1cc(C(C)(C)C)nn1-c1ccccc1Cl)C(=O)Nc1ccc(C)c(C)c1. The van der Waals surface area contributed by atoms with Gasteiger partial charge in [0.2, 0.25) is 5.91 Å². The topological polar surface area (TPSA) is 79.3 Å². The first-order chi connectivity index (χ1) is 17.0. The number of hydrogen-bond acceptors (Lipinski definition) is 3. The Labute approximate surface area is 218 Å². The van der Waals surface area contributed by atoms with E-state index in [-0.39, 0.29) is 23.9 Å². The lowest BCUT2D eigenvalue weighted by Gasteiger charge is -2.23. The Morgan fingerprint density at radius 2 is 1.75 bits per heavy atom. The summed E-state index contributed by atoms with van der Waals surface area (Å²) in [5.74, 6) is 0.193. The number of aromatic nitrogens is 2. The maximum Gasteiger partial charge on any atom is 0.322 e. The number of hydrogen-bond donors (Lipinski definition) is 2. The molecule has 0 radical (unpaired) electrons. The van der Waals surface area contributed by atoms with Crippen LogP contribution in [0.4, 0.5) is 16.3 Å². The molecule has 1 heterocycles. The third kappa shape index (κ3) is 6.88. The Bertz CT molecular complexity index is 1230. The predicted molar refractivity (Wildman–Crippen MR) is 147 cm³/mol. The summed E-state index contributed by atoms with van der Waals surface area (Å²) in [7, 11) is 0. The number of para-hydroxylation sites is 1. The lowest BCUT2D eigenvalue weighted by atomic mass is 9.92. The monoisotopic (exact) mass is 509 g/mol. The third-order valence-corrected chi connectivity index (χ3v) is 6.31. The van der Waals surface area contributed by atoms with Crippen LogP contribution >= 0.6 is 11.6 Å². The van der Waals surface area contributed by atoms with E-state index in [9.17, 15) is 9.59 Å². The van der Waals surface area contributed by atoms with Gasteiger partial charge in [-0.2, -0.15) is 5.10 Å². The van der Waals surface area contributed by atoms with Crippen molar-refractivity contribution < 1.29 is 9.59 Å². The Hall–Kier alpha value is -3.32. The number of aryl methyl sites for hydroxylation is 2. The number of anilines is 2. The van der Waals surface area contributed by atoms with E-state index in [0.29, 0.717) is 28.8 Å². The van der Waals surface area contributed by atoms with Crippen LogP contribution in [0.5, 0.6) is 0 Å². The number of nitrogens with zero attached hydrogens (tertiary/aromatic N) is 3. The molecule has 1 aromatic heterocycles. The van der Waals surface area contributed by atoms with E-state index < -0.39 is 0 Å². The fourth-order valence-corrected chi connectivity index (χ4v) is 3.84. The lowest BCUT2D eigenvalue weighted by Crippen LogP contribution is -2.41. The van der Waals surface area contributed by atoms with E-state index in [4.69, 9.17) is 16.7 Å². The molecule has 0 fully saturated rings. The van der Waals surface area contributed by atoms with Crippen molar-refractivity contribution in [3.8, 4) is 5.69 Å². The minimum atomic E-state index is -0.310. The van der Waals surface area contributed by atoms with Crippen molar-refractivity contribution in [2.75, 3.05) is 23.7 Å². The van der Waals surface area contributed by atoms with Gasteiger partial charge in [0, 0.05) is 23.7 Å². The normalized spacial score (nSPS) is 11.3. The van der Waals surface area contributed by atoms with E-state index >= 15 is 0 Å². The van der Waals surface area contributed by atoms with Crippen LogP contribution in [0.3, 0.4) is 0 Å².